The minimum Gasteiger partial charge on any atom is -0.275 e. The number of anilines is 2. The number of para-hydroxylation sites is 2. The van der Waals surface area contributed by atoms with E-state index in [0.29, 0.717) is 0 Å². The fourth-order valence-corrected chi connectivity index (χ4v) is 3.84. The normalized spacial score (nSPS) is 10.8. The van der Waals surface area contributed by atoms with Crippen LogP contribution in [0.2, 0.25) is 0 Å². The Balaban J connectivity index is 1.97. The van der Waals surface area contributed by atoms with Crippen molar-refractivity contribution in [2.45, 2.75) is 20.8 Å². The van der Waals surface area contributed by atoms with Gasteiger partial charge in [-0.3, -0.25) is 14.7 Å². The first kappa shape index (κ1) is 17.9. The quantitative estimate of drug-likeness (QED) is 0.436. The number of carbonyl (C=O) groups is 1. The van der Waals surface area contributed by atoms with Crippen molar-refractivity contribution in [1.29, 1.82) is 0 Å². The average Bonchev–Trinajstić information content (AvgIpc) is 2.68. The van der Waals surface area contributed by atoms with E-state index in [1.807, 2.05) is 74.5 Å². The van der Waals surface area contributed by atoms with Crippen LogP contribution in [0.15, 0.2) is 79.0 Å². The molecule has 0 fully saturated rings. The van der Waals surface area contributed by atoms with Gasteiger partial charge >= 0.3 is 0 Å². The second kappa shape index (κ2) is 7.28. The van der Waals surface area contributed by atoms with Crippen molar-refractivity contribution in [2.75, 3.05) is 4.90 Å². The highest BCUT2D eigenvalue weighted by Crippen LogP contribution is 2.33. The Bertz CT molecular complexity index is 1140. The maximum Gasteiger partial charge on any atom is 0.263 e. The topological polar surface area (TPSA) is 33.2 Å². The molecule has 0 radical (unpaired) electrons. The van der Waals surface area contributed by atoms with Crippen LogP contribution in [0.1, 0.15) is 27.0 Å². The van der Waals surface area contributed by atoms with E-state index in [4.69, 9.17) is 0 Å². The van der Waals surface area contributed by atoms with Gasteiger partial charge in [-0.25, -0.2) is 0 Å². The molecule has 0 atom stereocenters. The Morgan fingerprint density at radius 3 is 2.21 bits per heavy atom. The van der Waals surface area contributed by atoms with Gasteiger partial charge in [0.2, 0.25) is 0 Å². The molecule has 0 saturated heterocycles. The summed E-state index contributed by atoms with van der Waals surface area (Å²) in [6.45, 7) is 6.05. The van der Waals surface area contributed by atoms with Crippen molar-refractivity contribution in [3.63, 3.8) is 0 Å². The molecule has 0 bridgehead atoms. The van der Waals surface area contributed by atoms with Crippen molar-refractivity contribution < 1.29 is 4.79 Å². The summed E-state index contributed by atoms with van der Waals surface area (Å²) in [7, 11) is 0. The Hall–Kier alpha value is -3.46. The summed E-state index contributed by atoms with van der Waals surface area (Å²) in [5, 5.41) is 1.01. The van der Waals surface area contributed by atoms with Crippen LogP contribution in [0, 0.1) is 20.8 Å². The molecule has 0 saturated carbocycles. The van der Waals surface area contributed by atoms with Crippen molar-refractivity contribution in [1.82, 2.24) is 4.98 Å². The highest BCUT2D eigenvalue weighted by Gasteiger charge is 2.24. The zero-order valence-electron chi connectivity index (χ0n) is 16.3. The van der Waals surface area contributed by atoms with Crippen LogP contribution in [-0.4, -0.2) is 10.9 Å². The van der Waals surface area contributed by atoms with Crippen molar-refractivity contribution in [3.05, 3.63) is 101 Å². The molecular formula is C25H22N2O. The van der Waals surface area contributed by atoms with Gasteiger partial charge in [0.05, 0.1) is 11.2 Å². The fourth-order valence-electron chi connectivity index (χ4n) is 3.84. The summed E-state index contributed by atoms with van der Waals surface area (Å²) in [4.78, 5) is 20.2. The summed E-state index contributed by atoms with van der Waals surface area (Å²) in [5.41, 5.74) is 6.28. The van der Waals surface area contributed by atoms with E-state index in [-0.39, 0.29) is 5.91 Å². The molecule has 4 rings (SSSR count). The van der Waals surface area contributed by atoms with Crippen LogP contribution in [0.3, 0.4) is 0 Å². The highest BCUT2D eigenvalue weighted by molar-refractivity contribution is 6.15. The largest absolute Gasteiger partial charge is 0.275 e. The molecule has 0 aliphatic heterocycles. The van der Waals surface area contributed by atoms with E-state index >= 15 is 0 Å². The smallest absolute Gasteiger partial charge is 0.263 e. The number of aromatic nitrogens is 1. The molecule has 0 N–H and O–H groups in total. The van der Waals surface area contributed by atoms with Crippen molar-refractivity contribution >= 4 is 28.2 Å². The lowest BCUT2D eigenvalue weighted by molar-refractivity contribution is 0.0998. The Kier molecular flexibility index (Phi) is 4.66. The maximum atomic E-state index is 13.8. The third kappa shape index (κ3) is 3.16. The minimum absolute atomic E-state index is 0.0423. The molecule has 1 heterocycles. The van der Waals surface area contributed by atoms with Crippen LogP contribution < -0.4 is 4.90 Å². The number of carbonyl (C=O) groups excluding carboxylic acids is 1. The molecule has 4 aromatic rings. The maximum absolute atomic E-state index is 13.8. The minimum atomic E-state index is -0.0423. The van der Waals surface area contributed by atoms with Crippen LogP contribution in [0.5, 0.6) is 0 Å². The van der Waals surface area contributed by atoms with E-state index in [2.05, 4.69) is 24.0 Å². The van der Waals surface area contributed by atoms with E-state index in [1.165, 1.54) is 0 Å². The van der Waals surface area contributed by atoms with Crippen LogP contribution in [0.4, 0.5) is 11.4 Å². The summed E-state index contributed by atoms with van der Waals surface area (Å²) in [5.74, 6) is -0.0423. The first-order valence-corrected chi connectivity index (χ1v) is 9.37. The van der Waals surface area contributed by atoms with Crippen LogP contribution in [-0.2, 0) is 0 Å². The zero-order chi connectivity index (χ0) is 19.7. The van der Waals surface area contributed by atoms with Gasteiger partial charge in [-0.15, -0.1) is 0 Å². The number of amides is 1. The second-order valence-electron chi connectivity index (χ2n) is 7.10. The number of nitrogens with zero attached hydrogens (tertiary/aromatic N) is 2. The molecule has 3 aromatic carbocycles. The highest BCUT2D eigenvalue weighted by atomic mass is 16.2. The molecule has 138 valence electrons. The van der Waals surface area contributed by atoms with Gasteiger partial charge in [0.1, 0.15) is 0 Å². The number of benzene rings is 3. The molecule has 1 aromatic heterocycles. The van der Waals surface area contributed by atoms with Gasteiger partial charge < -0.3 is 0 Å². The van der Waals surface area contributed by atoms with E-state index in [0.717, 1.165) is 44.5 Å². The summed E-state index contributed by atoms with van der Waals surface area (Å²) >= 11 is 0. The van der Waals surface area contributed by atoms with E-state index < -0.39 is 0 Å². The first-order valence-electron chi connectivity index (χ1n) is 9.37. The van der Waals surface area contributed by atoms with Crippen molar-refractivity contribution in [2.24, 2.45) is 0 Å². The molecule has 0 aliphatic rings. The van der Waals surface area contributed by atoms with Gasteiger partial charge in [0.15, 0.2) is 0 Å². The predicted molar refractivity (Wildman–Crippen MR) is 115 cm³/mol. The number of hydrogen-bond acceptors (Lipinski definition) is 2. The number of fused-ring (bicyclic) bond motifs is 1. The third-order valence-electron chi connectivity index (χ3n) is 4.96. The third-order valence-corrected chi connectivity index (χ3v) is 4.96. The van der Waals surface area contributed by atoms with Crippen LogP contribution in [0.25, 0.3) is 10.9 Å². The second-order valence-corrected chi connectivity index (χ2v) is 7.10. The number of hydrogen-bond donors (Lipinski definition) is 0. The molecule has 28 heavy (non-hydrogen) atoms. The standard InChI is InChI=1S/C25H22N2O/c1-17-15-18(2)23(19(3)16-17)25(28)27(21-11-5-4-6-12-21)22-13-7-9-20-10-8-14-26-24(20)22/h4-16H,1-3H3. The summed E-state index contributed by atoms with van der Waals surface area (Å²) in [6, 6.07) is 23.8. The fraction of sp³-hybridized carbons (Fsp3) is 0.120. The van der Waals surface area contributed by atoms with E-state index in [1.54, 1.807) is 11.1 Å². The Morgan fingerprint density at radius 1 is 0.821 bits per heavy atom. The van der Waals surface area contributed by atoms with Gasteiger partial charge in [0, 0.05) is 22.8 Å². The lowest BCUT2D eigenvalue weighted by atomic mass is 9.98. The molecular weight excluding hydrogens is 344 g/mol. The molecule has 0 unspecified atom stereocenters. The first-order chi connectivity index (χ1) is 13.6. The molecule has 3 nitrogen and oxygen atoms in total. The zero-order valence-corrected chi connectivity index (χ0v) is 16.3. The number of aryl methyl sites for hydroxylation is 3. The Morgan fingerprint density at radius 2 is 1.50 bits per heavy atom. The van der Waals surface area contributed by atoms with Crippen molar-refractivity contribution in [3.8, 4) is 0 Å². The molecule has 1 amide bonds. The summed E-state index contributed by atoms with van der Waals surface area (Å²) < 4.78 is 0. The van der Waals surface area contributed by atoms with Crippen LogP contribution >= 0.6 is 0 Å². The average molecular weight is 366 g/mol. The van der Waals surface area contributed by atoms with Gasteiger partial charge in [-0.1, -0.05) is 54.1 Å². The predicted octanol–water partition coefficient (Wildman–Crippen LogP) is 6.14. The lowest BCUT2D eigenvalue weighted by Gasteiger charge is -2.26. The van der Waals surface area contributed by atoms with Gasteiger partial charge in [-0.2, -0.15) is 0 Å². The number of pyridine rings is 1. The molecule has 3 heteroatoms. The lowest BCUT2D eigenvalue weighted by Crippen LogP contribution is -2.28. The monoisotopic (exact) mass is 366 g/mol. The summed E-state index contributed by atoms with van der Waals surface area (Å²) in [6.07, 6.45) is 1.77. The van der Waals surface area contributed by atoms with E-state index in [9.17, 15) is 4.79 Å². The van der Waals surface area contributed by atoms with Gasteiger partial charge in [0.25, 0.3) is 5.91 Å². The molecule has 0 aliphatic carbocycles. The molecule has 0 spiro atoms. The van der Waals surface area contributed by atoms with Gasteiger partial charge in [-0.05, 0) is 56.2 Å². The Labute approximate surface area is 165 Å². The SMILES string of the molecule is Cc1cc(C)c(C(=O)N(c2ccccc2)c2cccc3cccnc23)c(C)c1. The number of rotatable bonds is 3.